The molecule has 0 aliphatic carbocycles. The molecule has 7 heteroatoms. The van der Waals surface area contributed by atoms with Gasteiger partial charge in [-0.15, -0.1) is 0 Å². The molecule has 4 aromatic rings. The second kappa shape index (κ2) is 6.48. The van der Waals surface area contributed by atoms with Crippen LogP contribution in [-0.2, 0) is 10.0 Å². The average molecular weight is 384 g/mol. The van der Waals surface area contributed by atoms with Crippen LogP contribution in [0.3, 0.4) is 0 Å². The van der Waals surface area contributed by atoms with Gasteiger partial charge in [0, 0.05) is 29.0 Å². The maximum Gasteiger partial charge on any atom is 0.261 e. The van der Waals surface area contributed by atoms with Crippen LogP contribution in [0.2, 0.25) is 5.02 Å². The molecule has 0 saturated heterocycles. The Hall–Kier alpha value is -2.83. The number of hydrogen-bond acceptors (Lipinski definition) is 3. The Morgan fingerprint density at radius 2 is 1.81 bits per heavy atom. The van der Waals surface area contributed by atoms with Crippen molar-refractivity contribution in [2.24, 2.45) is 0 Å². The molecule has 0 amide bonds. The van der Waals surface area contributed by atoms with E-state index in [1.807, 2.05) is 22.9 Å². The van der Waals surface area contributed by atoms with Gasteiger partial charge in [0.1, 0.15) is 0 Å². The fourth-order valence-electron chi connectivity index (χ4n) is 2.79. The summed E-state index contributed by atoms with van der Waals surface area (Å²) in [4.78, 5) is 4.30. The molecule has 1 N–H and O–H groups in total. The zero-order chi connectivity index (χ0) is 18.1. The largest absolute Gasteiger partial charge is 0.314 e. The van der Waals surface area contributed by atoms with Gasteiger partial charge in [-0.05, 0) is 42.5 Å². The Balaban J connectivity index is 1.84. The van der Waals surface area contributed by atoms with Gasteiger partial charge in [0.15, 0.2) is 0 Å². The lowest BCUT2D eigenvalue weighted by Gasteiger charge is -2.15. The van der Waals surface area contributed by atoms with Crippen molar-refractivity contribution in [2.45, 2.75) is 4.90 Å². The molecule has 0 radical (unpaired) electrons. The van der Waals surface area contributed by atoms with Crippen LogP contribution in [0.15, 0.2) is 84.1 Å². The molecular weight excluding hydrogens is 370 g/mol. The van der Waals surface area contributed by atoms with E-state index in [1.54, 1.807) is 60.9 Å². The minimum Gasteiger partial charge on any atom is -0.314 e. The number of benzene rings is 2. The fourth-order valence-corrected chi connectivity index (χ4v) is 4.05. The summed E-state index contributed by atoms with van der Waals surface area (Å²) in [6, 6.07) is 17.1. The van der Waals surface area contributed by atoms with Crippen molar-refractivity contribution in [3.05, 3.63) is 84.3 Å². The molecular formula is C19H14ClN3O2S. The highest BCUT2D eigenvalue weighted by atomic mass is 35.5. The highest BCUT2D eigenvalue weighted by molar-refractivity contribution is 7.92. The molecule has 0 saturated carbocycles. The second-order valence-corrected chi connectivity index (χ2v) is 7.82. The lowest BCUT2D eigenvalue weighted by molar-refractivity contribution is 0.601. The molecule has 0 unspecified atom stereocenters. The molecule has 2 aromatic carbocycles. The number of aromatic nitrogens is 2. The molecule has 0 bridgehead atoms. The van der Waals surface area contributed by atoms with Crippen molar-refractivity contribution in [3.8, 4) is 5.69 Å². The second-order valence-electron chi connectivity index (χ2n) is 5.70. The van der Waals surface area contributed by atoms with Gasteiger partial charge in [0.2, 0.25) is 0 Å². The Labute approximate surface area is 155 Å². The number of fused-ring (bicyclic) bond motifs is 1. The van der Waals surface area contributed by atoms with Gasteiger partial charge in [0.25, 0.3) is 10.0 Å². The van der Waals surface area contributed by atoms with E-state index >= 15 is 0 Å². The van der Waals surface area contributed by atoms with Crippen LogP contribution in [-0.4, -0.2) is 18.0 Å². The van der Waals surface area contributed by atoms with Crippen molar-refractivity contribution in [1.29, 1.82) is 0 Å². The highest BCUT2D eigenvalue weighted by Gasteiger charge is 2.17. The van der Waals surface area contributed by atoms with E-state index < -0.39 is 10.0 Å². The van der Waals surface area contributed by atoms with Gasteiger partial charge in [-0.3, -0.25) is 9.71 Å². The van der Waals surface area contributed by atoms with E-state index in [1.165, 1.54) is 0 Å². The lowest BCUT2D eigenvalue weighted by atomic mass is 10.2. The van der Waals surface area contributed by atoms with Gasteiger partial charge < -0.3 is 4.57 Å². The molecule has 5 nitrogen and oxygen atoms in total. The number of nitrogens with one attached hydrogen (secondary N) is 1. The third-order valence-electron chi connectivity index (χ3n) is 4.01. The third kappa shape index (κ3) is 3.05. The summed E-state index contributed by atoms with van der Waals surface area (Å²) in [6.45, 7) is 0. The van der Waals surface area contributed by atoms with Crippen LogP contribution >= 0.6 is 11.6 Å². The normalized spacial score (nSPS) is 11.6. The van der Waals surface area contributed by atoms with E-state index in [0.29, 0.717) is 16.4 Å². The van der Waals surface area contributed by atoms with Crippen LogP contribution in [0.4, 0.5) is 5.69 Å². The fraction of sp³-hybridized carbons (Fsp3) is 0. The standard InChI is InChI=1S/C19H14ClN3O2S/c20-15-6-7-17(22-26(24,25)16-4-2-1-3-5-16)19(12-15)23-11-9-14-13-21-10-8-18(14)23/h1-13,22H. The minimum absolute atomic E-state index is 0.197. The Morgan fingerprint density at radius 1 is 1.00 bits per heavy atom. The number of rotatable bonds is 4. The van der Waals surface area contributed by atoms with Crippen molar-refractivity contribution < 1.29 is 8.42 Å². The van der Waals surface area contributed by atoms with Crippen molar-refractivity contribution in [3.63, 3.8) is 0 Å². The van der Waals surface area contributed by atoms with Crippen molar-refractivity contribution in [1.82, 2.24) is 9.55 Å². The summed E-state index contributed by atoms with van der Waals surface area (Å²) in [5, 5.41) is 1.46. The highest BCUT2D eigenvalue weighted by Crippen LogP contribution is 2.30. The van der Waals surface area contributed by atoms with Gasteiger partial charge in [-0.2, -0.15) is 0 Å². The van der Waals surface area contributed by atoms with Crippen LogP contribution in [0.25, 0.3) is 16.6 Å². The Kier molecular flexibility index (Phi) is 4.14. The first kappa shape index (κ1) is 16.6. The van der Waals surface area contributed by atoms with Gasteiger partial charge >= 0.3 is 0 Å². The Bertz CT molecular complexity index is 1190. The summed E-state index contributed by atoms with van der Waals surface area (Å²) >= 11 is 6.17. The molecule has 2 aromatic heterocycles. The average Bonchev–Trinajstić information content (AvgIpc) is 3.08. The quantitative estimate of drug-likeness (QED) is 0.565. The van der Waals surface area contributed by atoms with E-state index in [2.05, 4.69) is 9.71 Å². The summed E-state index contributed by atoms with van der Waals surface area (Å²) in [6.07, 6.45) is 5.31. The molecule has 130 valence electrons. The number of hydrogen-bond donors (Lipinski definition) is 1. The molecule has 0 spiro atoms. The van der Waals surface area contributed by atoms with Gasteiger partial charge in [-0.1, -0.05) is 29.8 Å². The zero-order valence-corrected chi connectivity index (χ0v) is 15.1. The van der Waals surface area contributed by atoms with Crippen molar-refractivity contribution >= 4 is 38.2 Å². The van der Waals surface area contributed by atoms with Crippen LogP contribution < -0.4 is 4.72 Å². The summed E-state index contributed by atoms with van der Waals surface area (Å²) in [5.74, 6) is 0. The Morgan fingerprint density at radius 3 is 2.62 bits per heavy atom. The number of anilines is 1. The van der Waals surface area contributed by atoms with Crippen LogP contribution in [0, 0.1) is 0 Å². The first-order valence-corrected chi connectivity index (χ1v) is 9.69. The maximum absolute atomic E-state index is 12.7. The van der Waals surface area contributed by atoms with Crippen molar-refractivity contribution in [2.75, 3.05) is 4.72 Å². The molecule has 2 heterocycles. The number of sulfonamides is 1. The lowest BCUT2D eigenvalue weighted by Crippen LogP contribution is -2.14. The van der Waals surface area contributed by atoms with Gasteiger partial charge in [0.05, 0.1) is 21.8 Å². The third-order valence-corrected chi connectivity index (χ3v) is 5.62. The smallest absolute Gasteiger partial charge is 0.261 e. The van der Waals surface area contributed by atoms with E-state index in [0.717, 1.165) is 10.9 Å². The molecule has 0 atom stereocenters. The number of pyridine rings is 1. The summed E-state index contributed by atoms with van der Waals surface area (Å²) in [5.41, 5.74) is 1.98. The van der Waals surface area contributed by atoms with Gasteiger partial charge in [-0.25, -0.2) is 8.42 Å². The maximum atomic E-state index is 12.7. The number of halogens is 1. The first-order chi connectivity index (χ1) is 12.5. The topological polar surface area (TPSA) is 64.0 Å². The minimum atomic E-state index is -3.71. The molecule has 26 heavy (non-hydrogen) atoms. The molecule has 0 aliphatic rings. The SMILES string of the molecule is O=S(=O)(Nc1ccc(Cl)cc1-n1ccc2cnccc21)c1ccccc1. The zero-order valence-electron chi connectivity index (χ0n) is 13.5. The monoisotopic (exact) mass is 383 g/mol. The van der Waals surface area contributed by atoms with Crippen LogP contribution in [0.1, 0.15) is 0 Å². The molecule has 4 rings (SSSR count). The summed E-state index contributed by atoms with van der Waals surface area (Å²) < 4.78 is 30.0. The van der Waals surface area contributed by atoms with E-state index in [4.69, 9.17) is 11.6 Å². The predicted octanol–water partition coefficient (Wildman–Crippen LogP) is 4.48. The molecule has 0 fully saturated rings. The molecule has 0 aliphatic heterocycles. The number of nitrogens with zero attached hydrogens (tertiary/aromatic N) is 2. The first-order valence-electron chi connectivity index (χ1n) is 7.83. The van der Waals surface area contributed by atoms with Crippen LogP contribution in [0.5, 0.6) is 0 Å². The van der Waals surface area contributed by atoms with E-state index in [-0.39, 0.29) is 4.90 Å². The predicted molar refractivity (Wildman–Crippen MR) is 103 cm³/mol. The summed E-state index contributed by atoms with van der Waals surface area (Å²) in [7, 11) is -3.71. The van der Waals surface area contributed by atoms with E-state index in [9.17, 15) is 8.42 Å².